The number of halogens is 2. The Morgan fingerprint density at radius 1 is 1.07 bits per heavy atom. The number of nitrogens with zero attached hydrogens (tertiary/aromatic N) is 2. The van der Waals surface area contributed by atoms with Gasteiger partial charge in [0.1, 0.15) is 21.4 Å². The maximum absolute atomic E-state index is 13.9. The summed E-state index contributed by atoms with van der Waals surface area (Å²) < 4.78 is 8.55. The molecule has 158 valence electrons. The van der Waals surface area contributed by atoms with Crippen molar-refractivity contribution in [2.75, 3.05) is 39.3 Å². The van der Waals surface area contributed by atoms with Crippen molar-refractivity contribution >= 4 is 79.3 Å². The van der Waals surface area contributed by atoms with Crippen LogP contribution >= 0.6 is 69.2 Å². The van der Waals surface area contributed by atoms with Crippen LogP contribution in [0.25, 0.3) is 0 Å². The third-order valence-electron chi connectivity index (χ3n) is 5.94. The Balaban J connectivity index is 1.64. The molecular formula is C21H26I2N2O2S2. The second kappa shape index (κ2) is 9.87. The monoisotopic (exact) mass is 656 g/mol. The summed E-state index contributed by atoms with van der Waals surface area (Å²) in [4.78, 5) is 18.7. The SMILES string of the molecule is O=C1c2cc(I)cc(I)c2OCC1(CN1CCCCC1)SC(=S)N1CCCCC1. The molecule has 0 radical (unpaired) electrons. The van der Waals surface area contributed by atoms with E-state index in [2.05, 4.69) is 61.0 Å². The zero-order valence-electron chi connectivity index (χ0n) is 16.4. The lowest BCUT2D eigenvalue weighted by Crippen LogP contribution is -2.55. The molecule has 0 aromatic heterocycles. The molecule has 0 spiro atoms. The third kappa shape index (κ3) is 5.06. The molecule has 3 aliphatic heterocycles. The van der Waals surface area contributed by atoms with Crippen LogP contribution in [-0.4, -0.2) is 64.0 Å². The number of thiocarbonyl (C=S) groups is 1. The van der Waals surface area contributed by atoms with Gasteiger partial charge in [0.05, 0.1) is 9.13 Å². The average molecular weight is 656 g/mol. The van der Waals surface area contributed by atoms with E-state index in [-0.39, 0.29) is 5.78 Å². The van der Waals surface area contributed by atoms with Gasteiger partial charge in [0, 0.05) is 23.2 Å². The summed E-state index contributed by atoms with van der Waals surface area (Å²) in [6, 6.07) is 4.05. The first-order valence-corrected chi connectivity index (χ1v) is 13.7. The van der Waals surface area contributed by atoms with Gasteiger partial charge in [-0.1, -0.05) is 30.4 Å². The van der Waals surface area contributed by atoms with Crippen molar-refractivity contribution in [1.29, 1.82) is 0 Å². The second-order valence-corrected chi connectivity index (χ2v) is 12.6. The third-order valence-corrected chi connectivity index (χ3v) is 9.13. The minimum absolute atomic E-state index is 0.185. The molecule has 2 saturated heterocycles. The van der Waals surface area contributed by atoms with Gasteiger partial charge in [0.15, 0.2) is 5.78 Å². The zero-order chi connectivity index (χ0) is 20.4. The highest BCUT2D eigenvalue weighted by Crippen LogP contribution is 2.42. The quantitative estimate of drug-likeness (QED) is 0.329. The highest BCUT2D eigenvalue weighted by Gasteiger charge is 2.48. The number of rotatable bonds is 3. The predicted octanol–water partition coefficient (Wildman–Crippen LogP) is 5.20. The minimum atomic E-state index is -0.660. The number of thioether (sulfide) groups is 1. The van der Waals surface area contributed by atoms with Crippen LogP contribution in [0.5, 0.6) is 5.75 Å². The van der Waals surface area contributed by atoms with Crippen LogP contribution < -0.4 is 4.74 Å². The van der Waals surface area contributed by atoms with Crippen molar-refractivity contribution in [2.24, 2.45) is 0 Å². The fraction of sp³-hybridized carbons (Fsp3) is 0.619. The van der Waals surface area contributed by atoms with E-state index in [0.717, 1.165) is 49.0 Å². The van der Waals surface area contributed by atoms with Crippen LogP contribution in [0.15, 0.2) is 12.1 Å². The largest absolute Gasteiger partial charge is 0.490 e. The second-order valence-electron chi connectivity index (χ2n) is 8.13. The molecule has 1 aromatic rings. The molecule has 3 aliphatic rings. The maximum atomic E-state index is 13.9. The van der Waals surface area contributed by atoms with Crippen LogP contribution in [0.2, 0.25) is 0 Å². The van der Waals surface area contributed by atoms with E-state index in [1.54, 1.807) is 11.8 Å². The van der Waals surface area contributed by atoms with E-state index < -0.39 is 4.75 Å². The van der Waals surface area contributed by atoms with Gasteiger partial charge in [-0.25, -0.2) is 0 Å². The van der Waals surface area contributed by atoms with E-state index in [0.29, 0.717) is 13.2 Å². The van der Waals surface area contributed by atoms with Gasteiger partial charge in [-0.3, -0.25) is 4.79 Å². The summed E-state index contributed by atoms with van der Waals surface area (Å²) >= 11 is 12.0. The Morgan fingerprint density at radius 3 is 2.41 bits per heavy atom. The van der Waals surface area contributed by atoms with Crippen molar-refractivity contribution in [3.05, 3.63) is 24.8 Å². The number of piperidine rings is 2. The Labute approximate surface area is 210 Å². The highest BCUT2D eigenvalue weighted by atomic mass is 127. The highest BCUT2D eigenvalue weighted by molar-refractivity contribution is 14.1. The molecule has 0 N–H and O–H groups in total. The van der Waals surface area contributed by atoms with Gasteiger partial charge in [-0.2, -0.15) is 0 Å². The molecule has 0 aliphatic carbocycles. The van der Waals surface area contributed by atoms with Gasteiger partial charge >= 0.3 is 0 Å². The first kappa shape index (κ1) is 22.5. The Kier molecular flexibility index (Phi) is 7.67. The number of ether oxygens (including phenoxy) is 1. The van der Waals surface area contributed by atoms with Crippen LogP contribution in [0.3, 0.4) is 0 Å². The van der Waals surface area contributed by atoms with E-state index in [9.17, 15) is 4.79 Å². The van der Waals surface area contributed by atoms with E-state index in [1.165, 1.54) is 38.5 Å². The summed E-state index contributed by atoms with van der Waals surface area (Å²) in [5, 5.41) is 0. The number of carbonyl (C=O) groups is 1. The van der Waals surface area contributed by atoms with Gasteiger partial charge in [-0.05, 0) is 103 Å². The van der Waals surface area contributed by atoms with Crippen LogP contribution in [-0.2, 0) is 0 Å². The fourth-order valence-electron chi connectivity index (χ4n) is 4.39. The molecule has 29 heavy (non-hydrogen) atoms. The summed E-state index contributed by atoms with van der Waals surface area (Å²) in [5.41, 5.74) is 0.721. The fourth-order valence-corrected chi connectivity index (χ4v) is 8.26. The number of ketones is 1. The van der Waals surface area contributed by atoms with Crippen LogP contribution in [0.4, 0.5) is 0 Å². The summed E-state index contributed by atoms with van der Waals surface area (Å²) in [7, 11) is 0. The van der Waals surface area contributed by atoms with E-state index in [1.807, 2.05) is 6.07 Å². The molecule has 0 saturated carbocycles. The van der Waals surface area contributed by atoms with Crippen molar-refractivity contribution in [3.63, 3.8) is 0 Å². The molecular weight excluding hydrogens is 630 g/mol. The predicted molar refractivity (Wildman–Crippen MR) is 140 cm³/mol. The number of fused-ring (bicyclic) bond motifs is 1. The van der Waals surface area contributed by atoms with Crippen LogP contribution in [0.1, 0.15) is 48.9 Å². The van der Waals surface area contributed by atoms with Crippen molar-refractivity contribution in [3.8, 4) is 5.75 Å². The molecule has 4 nitrogen and oxygen atoms in total. The van der Waals surface area contributed by atoms with Crippen molar-refractivity contribution in [2.45, 2.75) is 43.3 Å². The van der Waals surface area contributed by atoms with Crippen molar-refractivity contribution < 1.29 is 9.53 Å². The summed E-state index contributed by atoms with van der Waals surface area (Å²) in [5.74, 6) is 0.930. The lowest BCUT2D eigenvalue weighted by molar-refractivity contribution is 0.0806. The molecule has 2 fully saturated rings. The maximum Gasteiger partial charge on any atom is 0.187 e. The first-order chi connectivity index (χ1) is 14.0. The van der Waals surface area contributed by atoms with Gasteiger partial charge in [0.25, 0.3) is 0 Å². The number of hydrogen-bond acceptors (Lipinski definition) is 5. The lowest BCUT2D eigenvalue weighted by atomic mass is 9.93. The Morgan fingerprint density at radius 2 is 1.72 bits per heavy atom. The Hall–Kier alpha value is 0.350. The average Bonchev–Trinajstić information content (AvgIpc) is 2.72. The van der Waals surface area contributed by atoms with Gasteiger partial charge in [-0.15, -0.1) is 0 Å². The minimum Gasteiger partial charge on any atom is -0.490 e. The number of likely N-dealkylation sites (tertiary alicyclic amines) is 2. The smallest absolute Gasteiger partial charge is 0.187 e. The van der Waals surface area contributed by atoms with Crippen LogP contribution in [0, 0.1) is 7.14 Å². The van der Waals surface area contributed by atoms with E-state index >= 15 is 0 Å². The lowest BCUT2D eigenvalue weighted by Gasteiger charge is -2.42. The van der Waals surface area contributed by atoms with Gasteiger partial charge < -0.3 is 14.5 Å². The molecule has 0 bridgehead atoms. The molecule has 1 aromatic carbocycles. The normalized spacial score (nSPS) is 25.4. The standard InChI is InChI=1S/C21H26I2N2O2S2/c22-15-11-16-18(17(23)12-15)27-14-21(19(16)26,13-24-7-3-1-4-8-24)29-20(28)25-9-5-2-6-10-25/h11-12H,1-10,13-14H2. The first-order valence-electron chi connectivity index (χ1n) is 10.4. The molecule has 8 heteroatoms. The van der Waals surface area contributed by atoms with Gasteiger partial charge in [0.2, 0.25) is 0 Å². The summed E-state index contributed by atoms with van der Waals surface area (Å²) in [6.45, 7) is 5.24. The number of benzene rings is 1. The Bertz CT molecular complexity index is 795. The molecule has 1 atom stereocenters. The number of carbonyl (C=O) groups excluding carboxylic acids is 1. The van der Waals surface area contributed by atoms with E-state index in [4.69, 9.17) is 17.0 Å². The topological polar surface area (TPSA) is 32.8 Å². The molecule has 3 heterocycles. The number of hydrogen-bond donors (Lipinski definition) is 0. The summed E-state index contributed by atoms with van der Waals surface area (Å²) in [6.07, 6.45) is 7.34. The molecule has 1 unspecified atom stereocenters. The molecule has 4 rings (SSSR count). The number of Topliss-reactive ketones (excluding diaryl/α,β-unsaturated/α-hetero) is 1. The zero-order valence-corrected chi connectivity index (χ0v) is 22.4. The molecule has 0 amide bonds. The van der Waals surface area contributed by atoms with Crippen molar-refractivity contribution in [1.82, 2.24) is 9.80 Å².